The second-order valence-corrected chi connectivity index (χ2v) is 7.64. The minimum Gasteiger partial charge on any atom is -0.497 e. The number of nitrogens with zero attached hydrogens (tertiary/aromatic N) is 3. The topological polar surface area (TPSA) is 54.9 Å². The number of carbonyl (C=O) groups is 1. The molecule has 2 unspecified atom stereocenters. The summed E-state index contributed by atoms with van der Waals surface area (Å²) in [6, 6.07) is 7.57. The van der Waals surface area contributed by atoms with Crippen LogP contribution in [0.1, 0.15) is 15.9 Å². The van der Waals surface area contributed by atoms with Crippen molar-refractivity contribution in [1.82, 2.24) is 9.88 Å². The summed E-state index contributed by atoms with van der Waals surface area (Å²) in [7, 11) is 3.07. The van der Waals surface area contributed by atoms with E-state index in [2.05, 4.69) is 4.98 Å². The van der Waals surface area contributed by atoms with Gasteiger partial charge in [-0.3, -0.25) is 4.79 Å². The molecule has 1 amide bonds. The number of fused-ring (bicyclic) bond motifs is 1. The van der Waals surface area contributed by atoms with Crippen LogP contribution in [0.25, 0.3) is 0 Å². The number of benzene rings is 1. The van der Waals surface area contributed by atoms with Gasteiger partial charge in [0.15, 0.2) is 0 Å². The van der Waals surface area contributed by atoms with Gasteiger partial charge in [0.2, 0.25) is 0 Å². The number of amides is 1. The van der Waals surface area contributed by atoms with Crippen molar-refractivity contribution in [3.05, 3.63) is 47.7 Å². The second kappa shape index (κ2) is 7.70. The fourth-order valence-electron chi connectivity index (χ4n) is 4.20. The maximum atomic E-state index is 13.0. The highest BCUT2D eigenvalue weighted by Gasteiger charge is 2.42. The maximum absolute atomic E-state index is 13.0. The molecule has 0 radical (unpaired) electrons. The van der Waals surface area contributed by atoms with E-state index < -0.39 is 11.7 Å². The molecule has 0 saturated carbocycles. The molecule has 6 nitrogen and oxygen atoms in total. The van der Waals surface area contributed by atoms with Crippen LogP contribution >= 0.6 is 0 Å². The van der Waals surface area contributed by atoms with Crippen molar-refractivity contribution in [2.45, 2.75) is 6.18 Å². The van der Waals surface area contributed by atoms with Crippen molar-refractivity contribution >= 4 is 11.7 Å². The van der Waals surface area contributed by atoms with Gasteiger partial charge in [-0.2, -0.15) is 13.2 Å². The molecular weight excluding hydrogens is 399 g/mol. The molecule has 3 heterocycles. The summed E-state index contributed by atoms with van der Waals surface area (Å²) in [4.78, 5) is 20.8. The largest absolute Gasteiger partial charge is 0.497 e. The first-order chi connectivity index (χ1) is 14.3. The van der Waals surface area contributed by atoms with E-state index >= 15 is 0 Å². The standard InChI is InChI=1S/C21H22F3N3O3/c1-29-17-5-13(6-18(7-17)30-2)20(28)27-11-14-9-26(10-15(14)12-27)19-4-3-16(8-25-19)21(22,23)24/h3-8,14-15H,9-12H2,1-2H3. The minimum absolute atomic E-state index is 0.0826. The maximum Gasteiger partial charge on any atom is 0.417 e. The van der Waals surface area contributed by atoms with Gasteiger partial charge in [0.25, 0.3) is 5.91 Å². The Kier molecular flexibility index (Phi) is 5.21. The third kappa shape index (κ3) is 3.88. The fraction of sp³-hybridized carbons (Fsp3) is 0.429. The Morgan fingerprint density at radius 2 is 1.60 bits per heavy atom. The highest BCUT2D eigenvalue weighted by molar-refractivity contribution is 5.95. The molecule has 0 aliphatic carbocycles. The monoisotopic (exact) mass is 421 g/mol. The Labute approximate surface area is 172 Å². The van der Waals surface area contributed by atoms with Crippen LogP contribution in [0.4, 0.5) is 19.0 Å². The molecule has 30 heavy (non-hydrogen) atoms. The number of anilines is 1. The number of carbonyl (C=O) groups excluding carboxylic acids is 1. The van der Waals surface area contributed by atoms with Crippen molar-refractivity contribution < 1.29 is 27.4 Å². The number of pyridine rings is 1. The number of aromatic nitrogens is 1. The van der Waals surface area contributed by atoms with Crippen molar-refractivity contribution in [3.8, 4) is 11.5 Å². The van der Waals surface area contributed by atoms with Crippen molar-refractivity contribution in [3.63, 3.8) is 0 Å². The Morgan fingerprint density at radius 1 is 1.00 bits per heavy atom. The summed E-state index contributed by atoms with van der Waals surface area (Å²) in [5.74, 6) is 2.07. The summed E-state index contributed by atoms with van der Waals surface area (Å²) in [5.41, 5.74) is -0.247. The Morgan fingerprint density at radius 3 is 2.07 bits per heavy atom. The first-order valence-electron chi connectivity index (χ1n) is 9.59. The van der Waals surface area contributed by atoms with Gasteiger partial charge < -0.3 is 19.3 Å². The molecule has 1 aromatic carbocycles. The normalized spacial score (nSPS) is 21.0. The quantitative estimate of drug-likeness (QED) is 0.758. The van der Waals surface area contributed by atoms with Gasteiger partial charge in [0.1, 0.15) is 17.3 Å². The van der Waals surface area contributed by atoms with Crippen LogP contribution in [0.3, 0.4) is 0 Å². The van der Waals surface area contributed by atoms with Crippen LogP contribution in [0, 0.1) is 11.8 Å². The zero-order chi connectivity index (χ0) is 21.5. The molecule has 2 atom stereocenters. The van der Waals surface area contributed by atoms with E-state index in [4.69, 9.17) is 9.47 Å². The zero-order valence-corrected chi connectivity index (χ0v) is 16.6. The highest BCUT2D eigenvalue weighted by Crippen LogP contribution is 2.35. The van der Waals surface area contributed by atoms with E-state index in [-0.39, 0.29) is 17.7 Å². The molecule has 2 saturated heterocycles. The summed E-state index contributed by atoms with van der Waals surface area (Å²) in [6.07, 6.45) is -3.52. The van der Waals surface area contributed by atoms with Gasteiger partial charge in [0, 0.05) is 55.8 Å². The van der Waals surface area contributed by atoms with E-state index in [1.54, 1.807) is 18.2 Å². The summed E-state index contributed by atoms with van der Waals surface area (Å²) in [5, 5.41) is 0. The molecule has 0 N–H and O–H groups in total. The second-order valence-electron chi connectivity index (χ2n) is 7.64. The number of likely N-dealkylation sites (tertiary alicyclic amines) is 1. The predicted octanol–water partition coefficient (Wildman–Crippen LogP) is 3.33. The lowest BCUT2D eigenvalue weighted by Crippen LogP contribution is -2.33. The summed E-state index contributed by atoms with van der Waals surface area (Å²) < 4.78 is 48.7. The van der Waals surface area contributed by atoms with Crippen LogP contribution in [-0.4, -0.2) is 56.2 Å². The average Bonchev–Trinajstić information content (AvgIpc) is 3.31. The average molecular weight is 421 g/mol. The third-order valence-corrected chi connectivity index (χ3v) is 5.77. The van der Waals surface area contributed by atoms with Gasteiger partial charge in [-0.25, -0.2) is 4.98 Å². The number of hydrogen-bond donors (Lipinski definition) is 0. The zero-order valence-electron chi connectivity index (χ0n) is 16.6. The number of rotatable bonds is 4. The number of alkyl halides is 3. The number of hydrogen-bond acceptors (Lipinski definition) is 5. The molecule has 160 valence electrons. The number of methoxy groups -OCH3 is 2. The molecular formula is C21H22F3N3O3. The Bertz CT molecular complexity index is 897. The van der Waals surface area contributed by atoms with Crippen molar-refractivity contribution in [2.75, 3.05) is 45.3 Å². The van der Waals surface area contributed by atoms with Gasteiger partial charge in [-0.05, 0) is 24.3 Å². The minimum atomic E-state index is -4.39. The van der Waals surface area contributed by atoms with E-state index in [9.17, 15) is 18.0 Å². The SMILES string of the molecule is COc1cc(OC)cc(C(=O)N2CC3CN(c4ccc(C(F)(F)F)cn4)CC3C2)c1. The lowest BCUT2D eigenvalue weighted by atomic mass is 10.0. The molecule has 2 aliphatic rings. The molecule has 2 fully saturated rings. The highest BCUT2D eigenvalue weighted by atomic mass is 19.4. The smallest absolute Gasteiger partial charge is 0.417 e. The Balaban J connectivity index is 1.42. The van der Waals surface area contributed by atoms with E-state index in [1.165, 1.54) is 20.3 Å². The van der Waals surface area contributed by atoms with Gasteiger partial charge in [-0.1, -0.05) is 0 Å². The summed E-state index contributed by atoms with van der Waals surface area (Å²) in [6.45, 7) is 2.52. The van der Waals surface area contributed by atoms with Gasteiger partial charge >= 0.3 is 6.18 Å². The van der Waals surface area contributed by atoms with Crippen LogP contribution < -0.4 is 14.4 Å². The van der Waals surface area contributed by atoms with Crippen molar-refractivity contribution in [1.29, 1.82) is 0 Å². The lowest BCUT2D eigenvalue weighted by molar-refractivity contribution is -0.137. The van der Waals surface area contributed by atoms with E-state index in [0.29, 0.717) is 49.1 Å². The molecule has 4 rings (SSSR count). The van der Waals surface area contributed by atoms with Crippen LogP contribution in [0.5, 0.6) is 11.5 Å². The molecule has 0 spiro atoms. The predicted molar refractivity (Wildman–Crippen MR) is 104 cm³/mol. The van der Waals surface area contributed by atoms with Gasteiger partial charge in [-0.15, -0.1) is 0 Å². The van der Waals surface area contributed by atoms with Crippen LogP contribution in [0.15, 0.2) is 36.5 Å². The fourth-order valence-corrected chi connectivity index (χ4v) is 4.20. The first kappa shape index (κ1) is 20.3. The lowest BCUT2D eigenvalue weighted by Gasteiger charge is -2.23. The van der Waals surface area contributed by atoms with Crippen LogP contribution in [0.2, 0.25) is 0 Å². The van der Waals surface area contributed by atoms with E-state index in [1.807, 2.05) is 9.80 Å². The van der Waals surface area contributed by atoms with Gasteiger partial charge in [0.05, 0.1) is 19.8 Å². The van der Waals surface area contributed by atoms with Crippen molar-refractivity contribution in [2.24, 2.45) is 11.8 Å². The third-order valence-electron chi connectivity index (χ3n) is 5.77. The number of ether oxygens (including phenoxy) is 2. The number of halogens is 3. The molecule has 2 aromatic rings. The first-order valence-corrected chi connectivity index (χ1v) is 9.59. The Hall–Kier alpha value is -2.97. The summed E-state index contributed by atoms with van der Waals surface area (Å²) >= 11 is 0. The van der Waals surface area contributed by atoms with E-state index in [0.717, 1.165) is 12.3 Å². The molecule has 2 aliphatic heterocycles. The van der Waals surface area contributed by atoms with Crippen LogP contribution in [-0.2, 0) is 6.18 Å². The molecule has 1 aromatic heterocycles. The molecule has 0 bridgehead atoms. The molecule has 9 heteroatoms.